The van der Waals surface area contributed by atoms with E-state index in [1.807, 2.05) is 18.2 Å². The lowest BCUT2D eigenvalue weighted by Crippen LogP contribution is -2.46. The number of carbonyl (C=O) groups excluding carboxylic acids is 1. The van der Waals surface area contributed by atoms with Crippen molar-refractivity contribution in [2.75, 3.05) is 6.54 Å². The molecule has 0 aliphatic carbocycles. The number of aliphatic hydroxyl groups excluding tert-OH is 1. The molecule has 19 heavy (non-hydrogen) atoms. The van der Waals surface area contributed by atoms with Gasteiger partial charge in [-0.2, -0.15) is 0 Å². The highest BCUT2D eigenvalue weighted by atomic mass is 16.6. The van der Waals surface area contributed by atoms with E-state index < -0.39 is 6.10 Å². The molecule has 1 aliphatic rings. The summed E-state index contributed by atoms with van der Waals surface area (Å²) in [4.78, 5) is 13.9. The predicted molar refractivity (Wildman–Crippen MR) is 73.1 cm³/mol. The Labute approximate surface area is 114 Å². The first kappa shape index (κ1) is 13.9. The first-order valence-electron chi connectivity index (χ1n) is 6.88. The molecule has 1 amide bonds. The van der Waals surface area contributed by atoms with Crippen LogP contribution in [-0.4, -0.2) is 34.8 Å². The van der Waals surface area contributed by atoms with Crippen molar-refractivity contribution in [3.8, 4) is 5.75 Å². The minimum Gasteiger partial charge on any atom is -0.410 e. The van der Waals surface area contributed by atoms with Gasteiger partial charge in [0.05, 0.1) is 6.10 Å². The van der Waals surface area contributed by atoms with Crippen LogP contribution in [0.3, 0.4) is 0 Å². The van der Waals surface area contributed by atoms with Crippen molar-refractivity contribution in [1.82, 2.24) is 4.90 Å². The highest BCUT2D eigenvalue weighted by Crippen LogP contribution is 2.22. The van der Waals surface area contributed by atoms with Crippen molar-refractivity contribution >= 4 is 6.09 Å². The lowest BCUT2D eigenvalue weighted by Gasteiger charge is -2.35. The number of carbonyl (C=O) groups is 1. The number of nitrogens with zero attached hydrogens (tertiary/aromatic N) is 1. The molecule has 1 fully saturated rings. The predicted octanol–water partition coefficient (Wildman–Crippen LogP) is 2.81. The number of piperidine rings is 1. The maximum atomic E-state index is 12.2. The van der Waals surface area contributed by atoms with Crippen LogP contribution in [0, 0.1) is 0 Å². The van der Waals surface area contributed by atoms with Gasteiger partial charge in [0.1, 0.15) is 5.75 Å². The molecule has 1 aliphatic heterocycles. The minimum atomic E-state index is -0.393. The van der Waals surface area contributed by atoms with E-state index in [1.165, 1.54) is 0 Å². The lowest BCUT2D eigenvalue weighted by atomic mass is 9.98. The van der Waals surface area contributed by atoms with E-state index in [0.717, 1.165) is 19.3 Å². The van der Waals surface area contributed by atoms with Gasteiger partial charge in [-0.1, -0.05) is 18.2 Å². The van der Waals surface area contributed by atoms with E-state index in [2.05, 4.69) is 0 Å². The number of rotatable bonds is 3. The number of para-hydroxylation sites is 1. The first-order chi connectivity index (χ1) is 9.16. The highest BCUT2D eigenvalue weighted by Gasteiger charge is 2.28. The van der Waals surface area contributed by atoms with Crippen LogP contribution in [0.15, 0.2) is 30.3 Å². The van der Waals surface area contributed by atoms with Crippen LogP contribution < -0.4 is 4.74 Å². The van der Waals surface area contributed by atoms with Gasteiger partial charge in [-0.25, -0.2) is 4.79 Å². The maximum Gasteiger partial charge on any atom is 0.415 e. The van der Waals surface area contributed by atoms with Crippen molar-refractivity contribution in [2.45, 2.75) is 44.8 Å². The van der Waals surface area contributed by atoms with Crippen LogP contribution >= 0.6 is 0 Å². The van der Waals surface area contributed by atoms with Crippen LogP contribution in [-0.2, 0) is 0 Å². The molecule has 2 rings (SSSR count). The van der Waals surface area contributed by atoms with Gasteiger partial charge < -0.3 is 14.7 Å². The zero-order valence-electron chi connectivity index (χ0n) is 11.3. The summed E-state index contributed by atoms with van der Waals surface area (Å²) < 4.78 is 5.37. The Morgan fingerprint density at radius 2 is 2.16 bits per heavy atom. The summed E-state index contributed by atoms with van der Waals surface area (Å²) in [5, 5.41) is 9.52. The number of hydrogen-bond donors (Lipinski definition) is 1. The summed E-state index contributed by atoms with van der Waals surface area (Å²) in [6.07, 6.45) is 2.96. The van der Waals surface area contributed by atoms with Crippen molar-refractivity contribution in [2.24, 2.45) is 0 Å². The number of ether oxygens (including phenoxy) is 1. The Balaban J connectivity index is 1.99. The molecule has 4 heteroatoms. The normalized spacial score (nSPS) is 20.9. The van der Waals surface area contributed by atoms with Gasteiger partial charge in [-0.3, -0.25) is 0 Å². The SMILES string of the molecule is CC(O)CC1CCCCN1C(=O)Oc1ccccc1. The molecule has 1 saturated heterocycles. The Bertz CT molecular complexity index is 405. The molecule has 0 aromatic heterocycles. The molecule has 2 unspecified atom stereocenters. The summed E-state index contributed by atoms with van der Waals surface area (Å²) in [7, 11) is 0. The Morgan fingerprint density at radius 3 is 2.84 bits per heavy atom. The summed E-state index contributed by atoms with van der Waals surface area (Å²) in [5.74, 6) is 0.564. The monoisotopic (exact) mass is 263 g/mol. The summed E-state index contributed by atoms with van der Waals surface area (Å²) >= 11 is 0. The topological polar surface area (TPSA) is 49.8 Å². The minimum absolute atomic E-state index is 0.0879. The summed E-state index contributed by atoms with van der Waals surface area (Å²) in [6, 6.07) is 9.19. The average molecular weight is 263 g/mol. The Morgan fingerprint density at radius 1 is 1.42 bits per heavy atom. The third kappa shape index (κ3) is 3.96. The van der Waals surface area contributed by atoms with E-state index >= 15 is 0 Å². The molecule has 0 spiro atoms. The van der Waals surface area contributed by atoms with Gasteiger partial charge in [-0.15, -0.1) is 0 Å². The van der Waals surface area contributed by atoms with Gasteiger partial charge in [0, 0.05) is 12.6 Å². The third-order valence-electron chi connectivity index (χ3n) is 3.42. The second-order valence-electron chi connectivity index (χ2n) is 5.11. The van der Waals surface area contributed by atoms with Gasteiger partial charge in [0.25, 0.3) is 0 Å². The van der Waals surface area contributed by atoms with Crippen molar-refractivity contribution in [3.63, 3.8) is 0 Å². The van der Waals surface area contributed by atoms with Crippen LogP contribution in [0.25, 0.3) is 0 Å². The molecule has 0 radical (unpaired) electrons. The van der Waals surface area contributed by atoms with E-state index in [9.17, 15) is 9.90 Å². The van der Waals surface area contributed by atoms with E-state index in [4.69, 9.17) is 4.74 Å². The van der Waals surface area contributed by atoms with Gasteiger partial charge in [0.2, 0.25) is 0 Å². The lowest BCUT2D eigenvalue weighted by molar-refractivity contribution is 0.0817. The number of likely N-dealkylation sites (tertiary alicyclic amines) is 1. The van der Waals surface area contributed by atoms with Crippen LogP contribution in [0.2, 0.25) is 0 Å². The van der Waals surface area contributed by atoms with E-state index in [-0.39, 0.29) is 12.1 Å². The molecule has 1 aromatic rings. The molecule has 2 atom stereocenters. The summed E-state index contributed by atoms with van der Waals surface area (Å²) in [6.45, 7) is 2.47. The van der Waals surface area contributed by atoms with Crippen molar-refractivity contribution < 1.29 is 14.6 Å². The number of amides is 1. The number of benzene rings is 1. The quantitative estimate of drug-likeness (QED) is 0.912. The fourth-order valence-corrected chi connectivity index (χ4v) is 2.53. The molecule has 0 bridgehead atoms. The van der Waals surface area contributed by atoms with Gasteiger partial charge in [-0.05, 0) is 44.7 Å². The molecule has 0 saturated carbocycles. The molecule has 1 N–H and O–H groups in total. The fourth-order valence-electron chi connectivity index (χ4n) is 2.53. The van der Waals surface area contributed by atoms with Gasteiger partial charge in [0.15, 0.2) is 0 Å². The van der Waals surface area contributed by atoms with E-state index in [1.54, 1.807) is 24.0 Å². The first-order valence-corrected chi connectivity index (χ1v) is 6.88. The molecular weight excluding hydrogens is 242 g/mol. The molecule has 104 valence electrons. The zero-order chi connectivity index (χ0) is 13.7. The Kier molecular flexibility index (Phi) is 4.80. The highest BCUT2D eigenvalue weighted by molar-refractivity contribution is 5.71. The van der Waals surface area contributed by atoms with Gasteiger partial charge >= 0.3 is 6.09 Å². The van der Waals surface area contributed by atoms with Crippen molar-refractivity contribution in [3.05, 3.63) is 30.3 Å². The maximum absolute atomic E-state index is 12.2. The third-order valence-corrected chi connectivity index (χ3v) is 3.42. The Hall–Kier alpha value is -1.55. The average Bonchev–Trinajstić information content (AvgIpc) is 2.39. The fraction of sp³-hybridized carbons (Fsp3) is 0.533. The van der Waals surface area contributed by atoms with Crippen LogP contribution in [0.4, 0.5) is 4.79 Å². The molecular formula is C15H21NO3. The number of hydrogen-bond acceptors (Lipinski definition) is 3. The van der Waals surface area contributed by atoms with Crippen LogP contribution in [0.5, 0.6) is 5.75 Å². The second-order valence-corrected chi connectivity index (χ2v) is 5.11. The summed E-state index contributed by atoms with van der Waals surface area (Å²) in [5.41, 5.74) is 0. The largest absolute Gasteiger partial charge is 0.415 e. The van der Waals surface area contributed by atoms with Crippen molar-refractivity contribution in [1.29, 1.82) is 0 Å². The van der Waals surface area contributed by atoms with Crippen LogP contribution in [0.1, 0.15) is 32.6 Å². The van der Waals surface area contributed by atoms with E-state index in [0.29, 0.717) is 18.7 Å². The molecule has 1 heterocycles. The smallest absolute Gasteiger partial charge is 0.410 e. The molecule has 1 aromatic carbocycles. The standard InChI is InChI=1S/C15H21NO3/c1-12(17)11-13-7-5-6-10-16(13)15(18)19-14-8-3-2-4-9-14/h2-4,8-9,12-13,17H,5-7,10-11H2,1H3. The zero-order valence-corrected chi connectivity index (χ0v) is 11.3. The molecule has 4 nitrogen and oxygen atoms in total. The second kappa shape index (κ2) is 6.57. The number of aliphatic hydroxyl groups is 1.